The Hall–Kier alpha value is -0.430. The van der Waals surface area contributed by atoms with Gasteiger partial charge in [-0.3, -0.25) is 4.79 Å². The SMILES string of the molecule is NC(=O)C(O)C(O)c1c(Br)cccc1Br. The molecule has 4 N–H and O–H groups in total. The smallest absolute Gasteiger partial charge is 0.249 e. The predicted molar refractivity (Wildman–Crippen MR) is 62.0 cm³/mol. The summed E-state index contributed by atoms with van der Waals surface area (Å²) in [6, 6.07) is 5.13. The fourth-order valence-electron chi connectivity index (χ4n) is 1.11. The first-order valence-electron chi connectivity index (χ1n) is 4.04. The van der Waals surface area contributed by atoms with Crippen molar-refractivity contribution in [1.82, 2.24) is 0 Å². The van der Waals surface area contributed by atoms with E-state index in [-0.39, 0.29) is 0 Å². The van der Waals surface area contributed by atoms with Crippen LogP contribution in [0.15, 0.2) is 27.1 Å². The Balaban J connectivity index is 3.10. The molecule has 1 rings (SSSR count). The highest BCUT2D eigenvalue weighted by Crippen LogP contribution is 2.32. The summed E-state index contributed by atoms with van der Waals surface area (Å²) in [6.07, 6.45) is -2.98. The van der Waals surface area contributed by atoms with Gasteiger partial charge in [-0.05, 0) is 12.1 Å². The van der Waals surface area contributed by atoms with Crippen LogP contribution in [0.4, 0.5) is 0 Å². The van der Waals surface area contributed by atoms with Crippen LogP contribution in [-0.2, 0) is 4.79 Å². The quantitative estimate of drug-likeness (QED) is 0.771. The van der Waals surface area contributed by atoms with Crippen molar-refractivity contribution >= 4 is 37.8 Å². The highest BCUT2D eigenvalue weighted by Gasteiger charge is 2.26. The maximum absolute atomic E-state index is 10.7. The van der Waals surface area contributed by atoms with Crippen LogP contribution in [0.1, 0.15) is 11.7 Å². The number of carbonyl (C=O) groups excluding carboxylic acids is 1. The van der Waals surface area contributed by atoms with E-state index in [0.717, 1.165) is 0 Å². The highest BCUT2D eigenvalue weighted by molar-refractivity contribution is 9.11. The van der Waals surface area contributed by atoms with Gasteiger partial charge in [0.25, 0.3) is 0 Å². The summed E-state index contributed by atoms with van der Waals surface area (Å²) in [5.41, 5.74) is 5.29. The lowest BCUT2D eigenvalue weighted by atomic mass is 10.0. The average Bonchev–Trinajstić information content (AvgIpc) is 2.15. The number of halogens is 2. The molecule has 0 spiro atoms. The Morgan fingerprint density at radius 3 is 2.13 bits per heavy atom. The van der Waals surface area contributed by atoms with Gasteiger partial charge in [-0.25, -0.2) is 0 Å². The zero-order chi connectivity index (χ0) is 11.6. The monoisotopic (exact) mass is 337 g/mol. The minimum atomic E-state index is -1.63. The molecular weight excluding hydrogens is 330 g/mol. The Morgan fingerprint density at radius 1 is 1.27 bits per heavy atom. The van der Waals surface area contributed by atoms with E-state index in [1.54, 1.807) is 18.2 Å². The summed E-state index contributed by atoms with van der Waals surface area (Å²) in [5.74, 6) is -0.967. The number of nitrogens with two attached hydrogens (primary N) is 1. The molecule has 0 aliphatic heterocycles. The molecule has 0 saturated carbocycles. The lowest BCUT2D eigenvalue weighted by molar-refractivity contribution is -0.132. The molecule has 2 atom stereocenters. The number of primary amides is 1. The van der Waals surface area contributed by atoms with Gasteiger partial charge >= 0.3 is 0 Å². The van der Waals surface area contributed by atoms with Crippen molar-refractivity contribution < 1.29 is 15.0 Å². The van der Waals surface area contributed by atoms with E-state index >= 15 is 0 Å². The molecule has 0 radical (unpaired) electrons. The maximum atomic E-state index is 10.7. The summed E-state index contributed by atoms with van der Waals surface area (Å²) < 4.78 is 1.18. The standard InChI is InChI=1S/C9H9Br2NO3/c10-4-2-1-3-5(11)6(4)7(13)8(14)9(12)15/h1-3,7-8,13-14H,(H2,12,15). The van der Waals surface area contributed by atoms with Crippen molar-refractivity contribution in [3.05, 3.63) is 32.7 Å². The average molecular weight is 339 g/mol. The molecule has 1 aromatic rings. The molecule has 0 fully saturated rings. The Bertz CT molecular complexity index is 363. The Kier molecular flexibility index (Phi) is 4.27. The number of benzene rings is 1. The van der Waals surface area contributed by atoms with Gasteiger partial charge in [0.15, 0.2) is 6.10 Å². The van der Waals surface area contributed by atoms with Crippen LogP contribution in [0.5, 0.6) is 0 Å². The third kappa shape index (κ3) is 2.78. The molecule has 4 nitrogen and oxygen atoms in total. The summed E-state index contributed by atoms with van der Waals surface area (Å²) in [6.45, 7) is 0. The summed E-state index contributed by atoms with van der Waals surface area (Å²) in [7, 11) is 0. The number of hydrogen-bond acceptors (Lipinski definition) is 3. The largest absolute Gasteiger partial charge is 0.385 e. The normalized spacial score (nSPS) is 14.7. The van der Waals surface area contributed by atoms with Crippen LogP contribution in [0.2, 0.25) is 0 Å². The number of hydrogen-bond donors (Lipinski definition) is 3. The van der Waals surface area contributed by atoms with Crippen LogP contribution in [-0.4, -0.2) is 22.2 Å². The van der Waals surface area contributed by atoms with Crippen molar-refractivity contribution in [2.24, 2.45) is 5.73 Å². The van der Waals surface area contributed by atoms with Gasteiger partial charge in [0.2, 0.25) is 5.91 Å². The molecule has 82 valence electrons. The summed E-state index contributed by atoms with van der Waals surface area (Å²) in [5, 5.41) is 19.0. The van der Waals surface area contributed by atoms with Crippen LogP contribution in [0.25, 0.3) is 0 Å². The second-order valence-corrected chi connectivity index (χ2v) is 4.64. The van der Waals surface area contributed by atoms with Crippen LogP contribution in [0, 0.1) is 0 Å². The molecule has 0 saturated heterocycles. The van der Waals surface area contributed by atoms with E-state index in [0.29, 0.717) is 14.5 Å². The number of carbonyl (C=O) groups is 1. The fraction of sp³-hybridized carbons (Fsp3) is 0.222. The van der Waals surface area contributed by atoms with Crippen molar-refractivity contribution in [3.8, 4) is 0 Å². The molecular formula is C9H9Br2NO3. The van der Waals surface area contributed by atoms with E-state index < -0.39 is 18.1 Å². The van der Waals surface area contributed by atoms with Gasteiger partial charge in [-0.1, -0.05) is 37.9 Å². The lowest BCUT2D eigenvalue weighted by Gasteiger charge is -2.17. The molecule has 6 heteroatoms. The topological polar surface area (TPSA) is 83.6 Å². The number of aliphatic hydroxyl groups is 2. The first-order chi connectivity index (χ1) is 6.95. The van der Waals surface area contributed by atoms with Gasteiger partial charge in [-0.2, -0.15) is 0 Å². The van der Waals surface area contributed by atoms with E-state index in [1.165, 1.54) is 0 Å². The molecule has 0 aliphatic carbocycles. The number of rotatable bonds is 3. The van der Waals surface area contributed by atoms with Gasteiger partial charge < -0.3 is 15.9 Å². The Labute approximate surface area is 103 Å². The van der Waals surface area contributed by atoms with Gasteiger partial charge in [-0.15, -0.1) is 0 Å². The maximum Gasteiger partial charge on any atom is 0.249 e. The van der Waals surface area contributed by atoms with Gasteiger partial charge in [0.05, 0.1) is 0 Å². The van der Waals surface area contributed by atoms with Crippen molar-refractivity contribution in [2.45, 2.75) is 12.2 Å². The summed E-state index contributed by atoms with van der Waals surface area (Å²) in [4.78, 5) is 10.7. The van der Waals surface area contributed by atoms with Crippen molar-refractivity contribution in [3.63, 3.8) is 0 Å². The third-order valence-electron chi connectivity index (χ3n) is 1.89. The van der Waals surface area contributed by atoms with Gasteiger partial charge in [0.1, 0.15) is 6.10 Å². The third-order valence-corrected chi connectivity index (χ3v) is 3.27. The molecule has 1 amide bonds. The molecule has 0 heterocycles. The first kappa shape index (κ1) is 12.6. The molecule has 0 aliphatic rings. The Morgan fingerprint density at radius 2 is 1.73 bits per heavy atom. The molecule has 15 heavy (non-hydrogen) atoms. The second kappa shape index (κ2) is 5.07. The highest BCUT2D eigenvalue weighted by atomic mass is 79.9. The lowest BCUT2D eigenvalue weighted by Crippen LogP contribution is -2.34. The zero-order valence-electron chi connectivity index (χ0n) is 7.52. The fourth-order valence-corrected chi connectivity index (χ4v) is 2.57. The second-order valence-electron chi connectivity index (χ2n) is 2.93. The van der Waals surface area contributed by atoms with E-state index in [2.05, 4.69) is 31.9 Å². The minimum absolute atomic E-state index is 0.392. The van der Waals surface area contributed by atoms with Crippen LogP contribution in [0.3, 0.4) is 0 Å². The molecule has 1 aromatic carbocycles. The zero-order valence-corrected chi connectivity index (χ0v) is 10.7. The molecule has 0 bridgehead atoms. The van der Waals surface area contributed by atoms with E-state index in [9.17, 15) is 15.0 Å². The summed E-state index contributed by atoms with van der Waals surface area (Å²) >= 11 is 6.42. The molecule has 0 aromatic heterocycles. The minimum Gasteiger partial charge on any atom is -0.385 e. The van der Waals surface area contributed by atoms with E-state index in [4.69, 9.17) is 5.73 Å². The van der Waals surface area contributed by atoms with Crippen LogP contribution < -0.4 is 5.73 Å². The number of aliphatic hydroxyl groups excluding tert-OH is 2. The molecule has 2 unspecified atom stereocenters. The van der Waals surface area contributed by atoms with Crippen LogP contribution >= 0.6 is 31.9 Å². The predicted octanol–water partition coefficient (Wildman–Crippen LogP) is 1.09. The first-order valence-corrected chi connectivity index (χ1v) is 5.63. The number of amides is 1. The van der Waals surface area contributed by atoms with Crippen molar-refractivity contribution in [1.29, 1.82) is 0 Å². The van der Waals surface area contributed by atoms with Gasteiger partial charge in [0, 0.05) is 14.5 Å². The van der Waals surface area contributed by atoms with E-state index in [1.807, 2.05) is 0 Å². The van der Waals surface area contributed by atoms with Crippen molar-refractivity contribution in [2.75, 3.05) is 0 Å².